The molecule has 1 heterocycles. The van der Waals surface area contributed by atoms with Gasteiger partial charge in [-0.3, -0.25) is 0 Å². The Morgan fingerprint density at radius 2 is 1.45 bits per heavy atom. The minimum Gasteiger partial charge on any atom is -0.397 e. The van der Waals surface area contributed by atoms with Gasteiger partial charge in [-0.15, -0.1) is 0 Å². The summed E-state index contributed by atoms with van der Waals surface area (Å²) in [6.45, 7) is 7.76. The van der Waals surface area contributed by atoms with Crippen molar-refractivity contribution in [2.24, 2.45) is 10.7 Å². The molecule has 0 amide bonds. The fourth-order valence-electron chi connectivity index (χ4n) is 4.95. The van der Waals surface area contributed by atoms with Gasteiger partial charge >= 0.3 is 0 Å². The van der Waals surface area contributed by atoms with Gasteiger partial charge in [-0.1, -0.05) is 112 Å². The number of benzene rings is 3. The second-order valence-electron chi connectivity index (χ2n) is 10.8. The summed E-state index contributed by atoms with van der Waals surface area (Å²) in [6.07, 6.45) is 3.22. The zero-order valence-corrected chi connectivity index (χ0v) is 24.1. The van der Waals surface area contributed by atoms with Crippen LogP contribution in [0, 0.1) is 0 Å². The highest BCUT2D eigenvalue weighted by atomic mass is 28.4. The Balaban J connectivity index is 1.85. The van der Waals surface area contributed by atoms with Crippen molar-refractivity contribution in [1.29, 1.82) is 0 Å². The van der Waals surface area contributed by atoms with E-state index in [1.807, 2.05) is 43.5 Å². The highest BCUT2D eigenvalue weighted by Gasteiger charge is 2.52. The maximum Gasteiger partial charge on any atom is 0.262 e. The number of aliphatic imine (C=N–C) groups is 1. The molecule has 0 aliphatic carbocycles. The Kier molecular flexibility index (Phi) is 8.61. The smallest absolute Gasteiger partial charge is 0.262 e. The van der Waals surface area contributed by atoms with Gasteiger partial charge in [0, 0.05) is 20.6 Å². The highest BCUT2D eigenvalue weighted by Crippen LogP contribution is 2.40. The van der Waals surface area contributed by atoms with Gasteiger partial charge in [-0.2, -0.15) is 0 Å². The van der Waals surface area contributed by atoms with E-state index in [-0.39, 0.29) is 11.6 Å². The predicted octanol–water partition coefficient (Wildman–Crippen LogP) is 4.73. The van der Waals surface area contributed by atoms with Crippen molar-refractivity contribution in [3.63, 3.8) is 0 Å². The molecule has 0 aliphatic heterocycles. The molecule has 6 nitrogen and oxygen atoms in total. The van der Waals surface area contributed by atoms with Gasteiger partial charge in [-0.05, 0) is 21.0 Å². The van der Waals surface area contributed by atoms with Crippen molar-refractivity contribution < 1.29 is 4.43 Å². The lowest BCUT2D eigenvalue weighted by Gasteiger charge is -2.44. The molecule has 0 saturated carbocycles. The van der Waals surface area contributed by atoms with Crippen LogP contribution >= 0.6 is 0 Å². The molecule has 198 valence electrons. The standard InChI is InChI=1S/C31H39N5OSi/c1-31(2,3)38(26-17-11-7-12-18-26,27-19-13-8-14-20-27)37-28(21-32)29-30(34-23-35(4)5)36(24-33-29)22-25-15-9-6-10-16-25/h6-20,23-24,28H,21-22,32H2,1-5H3/b34-23+/t28-/m1/s1. The average molecular weight is 526 g/mol. The van der Waals surface area contributed by atoms with Gasteiger partial charge < -0.3 is 19.6 Å². The van der Waals surface area contributed by atoms with Crippen molar-refractivity contribution in [3.8, 4) is 0 Å². The molecule has 4 aromatic rings. The molecular formula is C31H39N5OSi. The van der Waals surface area contributed by atoms with Crippen LogP contribution in [0.5, 0.6) is 0 Å². The van der Waals surface area contributed by atoms with Crippen LogP contribution in [0.4, 0.5) is 5.82 Å². The van der Waals surface area contributed by atoms with Crippen molar-refractivity contribution in [2.45, 2.75) is 38.5 Å². The van der Waals surface area contributed by atoms with Gasteiger partial charge in [0.05, 0.1) is 19.2 Å². The minimum atomic E-state index is -2.84. The van der Waals surface area contributed by atoms with E-state index in [1.54, 1.807) is 6.34 Å². The van der Waals surface area contributed by atoms with Crippen LogP contribution in [-0.2, 0) is 11.0 Å². The molecule has 38 heavy (non-hydrogen) atoms. The number of rotatable bonds is 10. The summed E-state index contributed by atoms with van der Waals surface area (Å²) in [5, 5.41) is 2.24. The third-order valence-corrected chi connectivity index (χ3v) is 11.7. The fraction of sp³-hybridized carbons (Fsp3) is 0.290. The molecule has 0 radical (unpaired) electrons. The molecule has 4 rings (SSSR count). The molecular weight excluding hydrogens is 486 g/mol. The maximum atomic E-state index is 7.37. The Labute approximate surface area is 228 Å². The highest BCUT2D eigenvalue weighted by molar-refractivity contribution is 6.99. The third kappa shape index (κ3) is 5.80. The van der Waals surface area contributed by atoms with Crippen LogP contribution in [0.15, 0.2) is 102 Å². The fourth-order valence-corrected chi connectivity index (χ4v) is 9.59. The average Bonchev–Trinajstić information content (AvgIpc) is 3.31. The molecule has 0 spiro atoms. The minimum absolute atomic E-state index is 0.178. The summed E-state index contributed by atoms with van der Waals surface area (Å²) in [5.41, 5.74) is 8.42. The molecule has 0 aliphatic rings. The van der Waals surface area contributed by atoms with Gasteiger partial charge in [-0.25, -0.2) is 9.98 Å². The SMILES string of the molecule is CN(C)/C=N/c1c([C@@H](CN)O[Si](c2ccccc2)(c2ccccc2)C(C)(C)C)ncn1Cc1ccccc1. The Hall–Kier alpha value is -3.52. The first-order valence-electron chi connectivity index (χ1n) is 13.0. The molecule has 1 aromatic heterocycles. The summed E-state index contributed by atoms with van der Waals surface area (Å²) in [5.74, 6) is 0.760. The number of hydrogen-bond acceptors (Lipinski definition) is 4. The Bertz CT molecular complexity index is 1280. The lowest BCUT2D eigenvalue weighted by Crippen LogP contribution is -2.67. The van der Waals surface area contributed by atoms with Crippen LogP contribution in [0.25, 0.3) is 0 Å². The summed E-state index contributed by atoms with van der Waals surface area (Å²) in [6, 6.07) is 31.6. The molecule has 0 fully saturated rings. The summed E-state index contributed by atoms with van der Waals surface area (Å²) >= 11 is 0. The number of nitrogens with zero attached hydrogens (tertiary/aromatic N) is 4. The second kappa shape index (κ2) is 11.9. The van der Waals surface area contributed by atoms with Gasteiger partial charge in [0.1, 0.15) is 11.8 Å². The Morgan fingerprint density at radius 1 is 0.921 bits per heavy atom. The molecule has 7 heteroatoms. The topological polar surface area (TPSA) is 68.7 Å². The third-order valence-electron chi connectivity index (χ3n) is 6.70. The molecule has 2 N–H and O–H groups in total. The van der Waals surface area contributed by atoms with Crippen molar-refractivity contribution in [3.05, 3.63) is 109 Å². The molecule has 0 saturated heterocycles. The molecule has 3 aromatic carbocycles. The van der Waals surface area contributed by atoms with Crippen molar-refractivity contribution in [1.82, 2.24) is 14.5 Å². The van der Waals surface area contributed by atoms with Gasteiger partial charge in [0.2, 0.25) is 0 Å². The zero-order chi connectivity index (χ0) is 27.2. The Morgan fingerprint density at radius 3 is 1.92 bits per heavy atom. The first-order valence-corrected chi connectivity index (χ1v) is 15.0. The number of nitrogens with two attached hydrogens (primary N) is 1. The van der Waals surface area contributed by atoms with Gasteiger partial charge in [0.25, 0.3) is 8.32 Å². The first-order chi connectivity index (χ1) is 18.3. The molecule has 1 atom stereocenters. The van der Waals surface area contributed by atoms with Crippen LogP contribution in [0.1, 0.15) is 38.1 Å². The van der Waals surface area contributed by atoms with E-state index in [2.05, 4.69) is 98.1 Å². The zero-order valence-electron chi connectivity index (χ0n) is 23.1. The quantitative estimate of drug-likeness (QED) is 0.185. The normalized spacial score (nSPS) is 13.1. The lowest BCUT2D eigenvalue weighted by molar-refractivity contribution is 0.195. The van der Waals surface area contributed by atoms with E-state index < -0.39 is 14.4 Å². The molecule has 0 bridgehead atoms. The van der Waals surface area contributed by atoms with Crippen LogP contribution < -0.4 is 16.1 Å². The van der Waals surface area contributed by atoms with E-state index in [9.17, 15) is 0 Å². The van der Waals surface area contributed by atoms with Crippen LogP contribution in [0.3, 0.4) is 0 Å². The largest absolute Gasteiger partial charge is 0.397 e. The van der Waals surface area contributed by atoms with E-state index in [0.29, 0.717) is 6.54 Å². The summed E-state index contributed by atoms with van der Waals surface area (Å²) in [4.78, 5) is 11.6. The number of imidazole rings is 1. The number of aromatic nitrogens is 2. The number of hydrogen-bond donors (Lipinski definition) is 1. The van der Waals surface area contributed by atoms with E-state index >= 15 is 0 Å². The van der Waals surface area contributed by atoms with Crippen molar-refractivity contribution >= 4 is 30.8 Å². The predicted molar refractivity (Wildman–Crippen MR) is 160 cm³/mol. The lowest BCUT2D eigenvalue weighted by atomic mass is 10.2. The van der Waals surface area contributed by atoms with Crippen LogP contribution in [-0.4, -0.2) is 49.7 Å². The summed E-state index contributed by atoms with van der Waals surface area (Å²) < 4.78 is 9.44. The van der Waals surface area contributed by atoms with E-state index in [4.69, 9.17) is 20.1 Å². The van der Waals surface area contributed by atoms with Crippen LogP contribution in [0.2, 0.25) is 5.04 Å². The van der Waals surface area contributed by atoms with Gasteiger partial charge in [0.15, 0.2) is 5.82 Å². The van der Waals surface area contributed by atoms with Crippen molar-refractivity contribution in [2.75, 3.05) is 20.6 Å². The second-order valence-corrected chi connectivity index (χ2v) is 15.0. The monoisotopic (exact) mass is 525 g/mol. The van der Waals surface area contributed by atoms with E-state index in [1.165, 1.54) is 15.9 Å². The summed E-state index contributed by atoms with van der Waals surface area (Å²) in [7, 11) is 1.08. The maximum absolute atomic E-state index is 7.37. The molecule has 0 unspecified atom stereocenters. The van der Waals surface area contributed by atoms with E-state index in [0.717, 1.165) is 11.5 Å². The first kappa shape index (κ1) is 27.5.